The first-order valence-corrected chi connectivity index (χ1v) is 11.8. The molecule has 0 radical (unpaired) electrons. The fraction of sp³-hybridized carbons (Fsp3) is 0.172. The van der Waals surface area contributed by atoms with Crippen LogP contribution in [0.15, 0.2) is 83.6 Å². The average Bonchev–Trinajstić information content (AvgIpc) is 3.18. The maximum absolute atomic E-state index is 13.5. The summed E-state index contributed by atoms with van der Waals surface area (Å²) in [4.78, 5) is 26.5. The monoisotopic (exact) mass is 501 g/mol. The standard InChI is InChI=1S/C29H24ClNO5/c1-16-24(29(33)35-3)25(26-27(31-16)20-6-4-5-7-21(20)28(26)32)18-10-13-22(23(14-18)34-2)36-15-17-8-11-19(30)12-9-17/h4-14,25,31H,15H2,1-3H3/t25-/m1/s1. The largest absolute Gasteiger partial charge is 0.493 e. The number of fused-ring (bicyclic) bond motifs is 2. The summed E-state index contributed by atoms with van der Waals surface area (Å²) in [5.74, 6) is -0.211. The van der Waals surface area contributed by atoms with Crippen LogP contribution < -0.4 is 14.8 Å². The van der Waals surface area contributed by atoms with Gasteiger partial charge in [-0.15, -0.1) is 0 Å². The molecular weight excluding hydrogens is 478 g/mol. The van der Waals surface area contributed by atoms with Crippen LogP contribution in [0.2, 0.25) is 5.02 Å². The second kappa shape index (κ2) is 9.55. The molecule has 1 atom stereocenters. The molecule has 1 aliphatic heterocycles. The van der Waals surface area contributed by atoms with Crippen molar-refractivity contribution in [1.82, 2.24) is 5.32 Å². The number of ketones is 1. The number of hydrogen-bond acceptors (Lipinski definition) is 6. The third-order valence-corrected chi connectivity index (χ3v) is 6.73. The normalized spacial score (nSPS) is 16.3. The van der Waals surface area contributed by atoms with E-state index in [4.69, 9.17) is 25.8 Å². The van der Waals surface area contributed by atoms with Gasteiger partial charge in [-0.3, -0.25) is 4.79 Å². The van der Waals surface area contributed by atoms with Crippen LogP contribution >= 0.6 is 11.6 Å². The van der Waals surface area contributed by atoms with E-state index in [9.17, 15) is 9.59 Å². The Morgan fingerprint density at radius 2 is 1.69 bits per heavy atom. The summed E-state index contributed by atoms with van der Waals surface area (Å²) in [6, 6.07) is 20.3. The van der Waals surface area contributed by atoms with Crippen LogP contribution in [0.5, 0.6) is 11.5 Å². The van der Waals surface area contributed by atoms with E-state index >= 15 is 0 Å². The van der Waals surface area contributed by atoms with Gasteiger partial charge in [-0.05, 0) is 42.3 Å². The van der Waals surface area contributed by atoms with Gasteiger partial charge in [-0.1, -0.05) is 54.1 Å². The molecule has 0 fully saturated rings. The zero-order valence-corrected chi connectivity index (χ0v) is 20.8. The summed E-state index contributed by atoms with van der Waals surface area (Å²) < 4.78 is 16.8. The maximum Gasteiger partial charge on any atom is 0.336 e. The van der Waals surface area contributed by atoms with Gasteiger partial charge in [-0.2, -0.15) is 0 Å². The Bertz CT molecular complexity index is 1440. The number of nitrogens with one attached hydrogen (secondary N) is 1. The fourth-order valence-electron chi connectivity index (χ4n) is 4.77. The lowest BCUT2D eigenvalue weighted by Gasteiger charge is -2.29. The molecule has 0 amide bonds. The molecule has 1 heterocycles. The number of carbonyl (C=O) groups excluding carboxylic acids is 2. The molecule has 7 heteroatoms. The van der Waals surface area contributed by atoms with Crippen LogP contribution in [0, 0.1) is 0 Å². The number of ether oxygens (including phenoxy) is 3. The lowest BCUT2D eigenvalue weighted by molar-refractivity contribution is -0.136. The van der Waals surface area contributed by atoms with Gasteiger partial charge in [0.25, 0.3) is 0 Å². The average molecular weight is 502 g/mol. The Labute approximate surface area is 214 Å². The van der Waals surface area contributed by atoms with Crippen LogP contribution in [-0.4, -0.2) is 26.0 Å². The molecule has 0 bridgehead atoms. The van der Waals surface area contributed by atoms with E-state index in [2.05, 4.69) is 5.32 Å². The molecule has 1 aliphatic carbocycles. The highest BCUT2D eigenvalue weighted by atomic mass is 35.5. The van der Waals surface area contributed by atoms with Crippen molar-refractivity contribution in [3.63, 3.8) is 0 Å². The predicted octanol–water partition coefficient (Wildman–Crippen LogP) is 5.67. The number of carbonyl (C=O) groups is 2. The van der Waals surface area contributed by atoms with E-state index in [0.29, 0.717) is 51.2 Å². The SMILES string of the molecule is COC(=O)C1=C(C)NC2=C(C(=O)c3ccccc32)[C@@H]1c1ccc(OCc2ccc(Cl)cc2)c(OC)c1. The van der Waals surface area contributed by atoms with Gasteiger partial charge in [-0.25, -0.2) is 4.79 Å². The van der Waals surface area contributed by atoms with Crippen LogP contribution in [0.3, 0.4) is 0 Å². The summed E-state index contributed by atoms with van der Waals surface area (Å²) >= 11 is 5.97. The van der Waals surface area contributed by atoms with Crippen molar-refractivity contribution >= 4 is 29.1 Å². The Morgan fingerprint density at radius 3 is 2.39 bits per heavy atom. The zero-order chi connectivity index (χ0) is 25.4. The van der Waals surface area contributed by atoms with Gasteiger partial charge in [0.1, 0.15) is 6.61 Å². The maximum atomic E-state index is 13.5. The van der Waals surface area contributed by atoms with Crippen molar-refractivity contribution in [2.45, 2.75) is 19.4 Å². The van der Waals surface area contributed by atoms with Crippen LogP contribution in [0.25, 0.3) is 5.70 Å². The molecule has 0 unspecified atom stereocenters. The van der Waals surface area contributed by atoms with Crippen LogP contribution in [0.4, 0.5) is 0 Å². The van der Waals surface area contributed by atoms with E-state index in [1.54, 1.807) is 19.2 Å². The van der Waals surface area contributed by atoms with Crippen LogP contribution in [-0.2, 0) is 16.1 Å². The highest BCUT2D eigenvalue weighted by molar-refractivity contribution is 6.30. The lowest BCUT2D eigenvalue weighted by Crippen LogP contribution is -2.29. The fourth-order valence-corrected chi connectivity index (χ4v) is 4.89. The number of allylic oxidation sites excluding steroid dienone is 2. The molecule has 0 aromatic heterocycles. The van der Waals surface area contributed by atoms with Gasteiger partial charge in [0.15, 0.2) is 17.3 Å². The molecule has 182 valence electrons. The molecular formula is C29H24ClNO5. The second-order valence-electron chi connectivity index (χ2n) is 8.58. The van der Waals surface area contributed by atoms with Gasteiger partial charge in [0.2, 0.25) is 0 Å². The number of Topliss-reactive ketones (excluding diaryl/α,β-unsaturated/α-hetero) is 1. The quantitative estimate of drug-likeness (QED) is 0.439. The number of rotatable bonds is 6. The Kier molecular flexibility index (Phi) is 6.29. The van der Waals surface area contributed by atoms with Gasteiger partial charge >= 0.3 is 5.97 Å². The van der Waals surface area contributed by atoms with E-state index < -0.39 is 11.9 Å². The van der Waals surface area contributed by atoms with Crippen molar-refractivity contribution in [2.24, 2.45) is 0 Å². The Morgan fingerprint density at radius 1 is 0.972 bits per heavy atom. The van der Waals surface area contributed by atoms with E-state index in [-0.39, 0.29) is 5.78 Å². The number of benzene rings is 3. The Hall–Kier alpha value is -4.03. The van der Waals surface area contributed by atoms with Crippen molar-refractivity contribution in [1.29, 1.82) is 0 Å². The van der Waals surface area contributed by atoms with Crippen molar-refractivity contribution < 1.29 is 23.8 Å². The molecule has 3 aromatic rings. The molecule has 36 heavy (non-hydrogen) atoms. The highest BCUT2D eigenvalue weighted by Gasteiger charge is 2.43. The Balaban J connectivity index is 1.56. The number of methoxy groups -OCH3 is 2. The minimum Gasteiger partial charge on any atom is -0.493 e. The highest BCUT2D eigenvalue weighted by Crippen LogP contribution is 2.47. The topological polar surface area (TPSA) is 73.9 Å². The molecule has 3 aromatic carbocycles. The number of halogens is 1. The molecule has 0 spiro atoms. The van der Waals surface area contributed by atoms with E-state index in [1.807, 2.05) is 61.5 Å². The third-order valence-electron chi connectivity index (χ3n) is 6.48. The summed E-state index contributed by atoms with van der Waals surface area (Å²) in [6.45, 7) is 2.14. The van der Waals surface area contributed by atoms with Crippen molar-refractivity contribution in [3.8, 4) is 11.5 Å². The summed E-state index contributed by atoms with van der Waals surface area (Å²) in [5.41, 5.74) is 5.35. The van der Waals surface area contributed by atoms with Gasteiger partial charge in [0, 0.05) is 33.3 Å². The van der Waals surface area contributed by atoms with Crippen molar-refractivity contribution in [3.05, 3.63) is 111 Å². The van der Waals surface area contributed by atoms with E-state index in [1.165, 1.54) is 7.11 Å². The first kappa shape index (κ1) is 23.7. The van der Waals surface area contributed by atoms with Gasteiger partial charge in [0.05, 0.1) is 25.5 Å². The minimum absolute atomic E-state index is 0.117. The van der Waals surface area contributed by atoms with Gasteiger partial charge < -0.3 is 19.5 Å². The number of hydrogen-bond donors (Lipinski definition) is 1. The van der Waals surface area contributed by atoms with Crippen LogP contribution in [0.1, 0.15) is 39.9 Å². The first-order chi connectivity index (χ1) is 17.4. The summed E-state index contributed by atoms with van der Waals surface area (Å²) in [5, 5.41) is 3.94. The smallest absolute Gasteiger partial charge is 0.336 e. The first-order valence-electron chi connectivity index (χ1n) is 11.4. The molecule has 0 saturated heterocycles. The summed E-state index contributed by atoms with van der Waals surface area (Å²) in [7, 11) is 2.89. The zero-order valence-electron chi connectivity index (χ0n) is 20.1. The minimum atomic E-state index is -0.632. The summed E-state index contributed by atoms with van der Waals surface area (Å²) in [6.07, 6.45) is 0. The molecule has 5 rings (SSSR count). The lowest BCUT2D eigenvalue weighted by atomic mass is 9.79. The molecule has 6 nitrogen and oxygen atoms in total. The van der Waals surface area contributed by atoms with E-state index in [0.717, 1.165) is 16.7 Å². The molecule has 0 saturated carbocycles. The second-order valence-corrected chi connectivity index (χ2v) is 9.01. The van der Waals surface area contributed by atoms with Crippen molar-refractivity contribution in [2.75, 3.05) is 14.2 Å². The number of dihydropyridines is 1. The third kappa shape index (κ3) is 4.03. The predicted molar refractivity (Wildman–Crippen MR) is 137 cm³/mol. The molecule has 2 aliphatic rings. The molecule has 1 N–H and O–H groups in total. The number of esters is 1.